The number of hydrogen-bond donors (Lipinski definition) is 0. The number of benzene rings is 1. The Morgan fingerprint density at radius 1 is 1.15 bits per heavy atom. The standard InChI is InChI=1S/C18H19ClF3N3O/c1-25(15-10-6-5-9-14(15)19)17-23-11-13(18(20,21)22)16(24-17)26-12-7-3-2-4-8-12/h5-6,9-12H,2-4,7-8H2,1H3. The molecule has 0 atom stereocenters. The summed E-state index contributed by atoms with van der Waals surface area (Å²) in [7, 11) is 1.65. The molecule has 0 amide bonds. The van der Waals surface area contributed by atoms with Gasteiger partial charge in [-0.15, -0.1) is 0 Å². The monoisotopic (exact) mass is 385 g/mol. The number of rotatable bonds is 4. The van der Waals surface area contributed by atoms with Gasteiger partial charge in [-0.3, -0.25) is 0 Å². The minimum atomic E-state index is -4.58. The highest BCUT2D eigenvalue weighted by Gasteiger charge is 2.37. The molecule has 1 aromatic carbocycles. The maximum atomic E-state index is 13.3. The smallest absolute Gasteiger partial charge is 0.423 e. The largest absolute Gasteiger partial charge is 0.474 e. The van der Waals surface area contributed by atoms with Crippen molar-refractivity contribution in [3.8, 4) is 5.88 Å². The van der Waals surface area contributed by atoms with E-state index in [9.17, 15) is 13.2 Å². The van der Waals surface area contributed by atoms with E-state index in [1.165, 1.54) is 4.90 Å². The van der Waals surface area contributed by atoms with Crippen LogP contribution in [0.5, 0.6) is 5.88 Å². The highest BCUT2D eigenvalue weighted by Crippen LogP contribution is 2.38. The number of hydrogen-bond acceptors (Lipinski definition) is 4. The number of anilines is 2. The number of halogens is 4. The zero-order valence-electron chi connectivity index (χ0n) is 14.3. The molecule has 140 valence electrons. The van der Waals surface area contributed by atoms with Crippen LogP contribution in [0.3, 0.4) is 0 Å². The molecule has 0 bridgehead atoms. The Morgan fingerprint density at radius 2 is 1.85 bits per heavy atom. The maximum absolute atomic E-state index is 13.3. The lowest BCUT2D eigenvalue weighted by Crippen LogP contribution is -2.23. The summed E-state index contributed by atoms with van der Waals surface area (Å²) < 4.78 is 45.6. The lowest BCUT2D eigenvalue weighted by atomic mass is 9.98. The summed E-state index contributed by atoms with van der Waals surface area (Å²) in [5, 5.41) is 0.452. The zero-order chi connectivity index (χ0) is 18.7. The van der Waals surface area contributed by atoms with E-state index in [4.69, 9.17) is 16.3 Å². The van der Waals surface area contributed by atoms with Gasteiger partial charge in [-0.2, -0.15) is 18.2 Å². The van der Waals surface area contributed by atoms with Crippen LogP contribution in [0, 0.1) is 0 Å². The van der Waals surface area contributed by atoms with E-state index in [1.54, 1.807) is 31.3 Å². The molecular weight excluding hydrogens is 367 g/mol. The Labute approximate surface area is 155 Å². The van der Waals surface area contributed by atoms with Crippen molar-refractivity contribution in [2.24, 2.45) is 0 Å². The molecule has 0 spiro atoms. The Morgan fingerprint density at radius 3 is 2.50 bits per heavy atom. The van der Waals surface area contributed by atoms with E-state index < -0.39 is 17.6 Å². The lowest BCUT2D eigenvalue weighted by molar-refractivity contribution is -0.140. The fourth-order valence-corrected chi connectivity index (χ4v) is 3.24. The predicted molar refractivity (Wildman–Crippen MR) is 94.1 cm³/mol. The molecule has 0 N–H and O–H groups in total. The SMILES string of the molecule is CN(c1ncc(C(F)(F)F)c(OC2CCCCC2)n1)c1ccccc1Cl. The molecular formula is C18H19ClF3N3O. The Bertz CT molecular complexity index is 764. The van der Waals surface area contributed by atoms with Crippen molar-refractivity contribution in [2.75, 3.05) is 11.9 Å². The lowest BCUT2D eigenvalue weighted by Gasteiger charge is -2.25. The summed E-state index contributed by atoms with van der Waals surface area (Å²) in [6.07, 6.45) is 0.384. The van der Waals surface area contributed by atoms with Crippen LogP contribution in [-0.4, -0.2) is 23.1 Å². The molecule has 1 saturated carbocycles. The molecule has 0 saturated heterocycles. The van der Waals surface area contributed by atoms with Gasteiger partial charge in [0.1, 0.15) is 11.7 Å². The van der Waals surface area contributed by atoms with Crippen LogP contribution in [0.4, 0.5) is 24.8 Å². The van der Waals surface area contributed by atoms with E-state index in [2.05, 4.69) is 9.97 Å². The summed E-state index contributed by atoms with van der Waals surface area (Å²) in [5.74, 6) is -0.329. The third kappa shape index (κ3) is 4.20. The first-order valence-corrected chi connectivity index (χ1v) is 8.83. The highest BCUT2D eigenvalue weighted by molar-refractivity contribution is 6.33. The Kier molecular flexibility index (Phi) is 5.55. The third-order valence-corrected chi connectivity index (χ3v) is 4.71. The van der Waals surface area contributed by atoms with Crippen molar-refractivity contribution in [3.63, 3.8) is 0 Å². The van der Waals surface area contributed by atoms with Crippen molar-refractivity contribution in [1.82, 2.24) is 9.97 Å². The van der Waals surface area contributed by atoms with Crippen molar-refractivity contribution in [3.05, 3.63) is 41.0 Å². The van der Waals surface area contributed by atoms with E-state index in [0.717, 1.165) is 38.3 Å². The number of aromatic nitrogens is 2. The van der Waals surface area contributed by atoms with E-state index in [1.807, 2.05) is 0 Å². The van der Waals surface area contributed by atoms with E-state index in [0.29, 0.717) is 10.7 Å². The molecule has 1 heterocycles. The van der Waals surface area contributed by atoms with Crippen molar-refractivity contribution in [1.29, 1.82) is 0 Å². The van der Waals surface area contributed by atoms with Crippen LogP contribution < -0.4 is 9.64 Å². The minimum Gasteiger partial charge on any atom is -0.474 e. The Hall–Kier alpha value is -2.02. The van der Waals surface area contributed by atoms with Gasteiger partial charge in [-0.25, -0.2) is 4.98 Å². The molecule has 26 heavy (non-hydrogen) atoms. The molecule has 0 unspecified atom stereocenters. The summed E-state index contributed by atoms with van der Waals surface area (Å²) in [6, 6.07) is 6.98. The van der Waals surface area contributed by atoms with Gasteiger partial charge in [0.05, 0.1) is 10.7 Å². The van der Waals surface area contributed by atoms with Crippen LogP contribution in [0.25, 0.3) is 0 Å². The van der Waals surface area contributed by atoms with E-state index >= 15 is 0 Å². The second-order valence-electron chi connectivity index (χ2n) is 6.27. The molecule has 3 rings (SSSR count). The summed E-state index contributed by atoms with van der Waals surface area (Å²) in [5.41, 5.74) is -0.364. The van der Waals surface area contributed by atoms with Gasteiger partial charge in [0.2, 0.25) is 11.8 Å². The molecule has 0 radical (unpaired) electrons. The van der Waals surface area contributed by atoms with Crippen molar-refractivity contribution < 1.29 is 17.9 Å². The highest BCUT2D eigenvalue weighted by atomic mass is 35.5. The van der Waals surface area contributed by atoms with Gasteiger partial charge in [0.25, 0.3) is 0 Å². The van der Waals surface area contributed by atoms with Crippen LogP contribution in [0.15, 0.2) is 30.5 Å². The van der Waals surface area contributed by atoms with Crippen LogP contribution in [0.2, 0.25) is 5.02 Å². The number of nitrogens with zero attached hydrogens (tertiary/aromatic N) is 3. The third-order valence-electron chi connectivity index (χ3n) is 4.39. The van der Waals surface area contributed by atoms with Crippen molar-refractivity contribution in [2.45, 2.75) is 44.4 Å². The minimum absolute atomic E-state index is 0.0944. The van der Waals surface area contributed by atoms with Crippen LogP contribution in [0.1, 0.15) is 37.7 Å². The first kappa shape index (κ1) is 18.8. The van der Waals surface area contributed by atoms with Gasteiger partial charge in [0, 0.05) is 13.2 Å². The number of ether oxygens (including phenoxy) is 1. The summed E-state index contributed by atoms with van der Waals surface area (Å²) in [6.45, 7) is 0. The van der Waals surface area contributed by atoms with Gasteiger partial charge in [0.15, 0.2) is 0 Å². The van der Waals surface area contributed by atoms with Crippen LogP contribution >= 0.6 is 11.6 Å². The topological polar surface area (TPSA) is 38.2 Å². The average molecular weight is 386 g/mol. The maximum Gasteiger partial charge on any atom is 0.423 e. The quantitative estimate of drug-likeness (QED) is 0.683. The van der Waals surface area contributed by atoms with Gasteiger partial charge in [-0.05, 0) is 37.8 Å². The van der Waals surface area contributed by atoms with E-state index in [-0.39, 0.29) is 12.1 Å². The number of para-hydroxylation sites is 1. The van der Waals surface area contributed by atoms with Gasteiger partial charge < -0.3 is 9.64 Å². The molecule has 2 aromatic rings. The second kappa shape index (κ2) is 7.70. The van der Waals surface area contributed by atoms with Gasteiger partial charge >= 0.3 is 6.18 Å². The molecule has 1 fully saturated rings. The molecule has 0 aliphatic heterocycles. The van der Waals surface area contributed by atoms with Crippen LogP contribution in [-0.2, 0) is 6.18 Å². The average Bonchev–Trinajstić information content (AvgIpc) is 2.61. The first-order valence-electron chi connectivity index (χ1n) is 8.45. The predicted octanol–water partition coefficient (Wildman–Crippen LogP) is 5.63. The fourth-order valence-electron chi connectivity index (χ4n) is 2.98. The first-order chi connectivity index (χ1) is 12.4. The molecule has 1 aliphatic rings. The van der Waals surface area contributed by atoms with Gasteiger partial charge in [-0.1, -0.05) is 30.2 Å². The number of alkyl halides is 3. The zero-order valence-corrected chi connectivity index (χ0v) is 15.0. The summed E-state index contributed by atoms with van der Waals surface area (Å²) >= 11 is 6.16. The molecule has 4 nitrogen and oxygen atoms in total. The molecule has 1 aromatic heterocycles. The molecule has 1 aliphatic carbocycles. The fraction of sp³-hybridized carbons (Fsp3) is 0.444. The van der Waals surface area contributed by atoms with Crippen molar-refractivity contribution >= 4 is 23.2 Å². The Balaban J connectivity index is 1.94. The normalized spacial score (nSPS) is 15.7. The second-order valence-corrected chi connectivity index (χ2v) is 6.68. The summed E-state index contributed by atoms with van der Waals surface area (Å²) in [4.78, 5) is 9.48. The molecule has 8 heteroatoms.